The Labute approximate surface area is 87.7 Å². The molecule has 0 aromatic carbocycles. The minimum Gasteiger partial charge on any atom is -0.396 e. The standard InChI is InChI=1S/C12H24O2/c1-10-5-3-4-6-12(14-2)8-11(7-10)9-13/h10-13H,3-9H2,1-2H3. The SMILES string of the molecule is COC1CCCCC(C)CC(CO)C1. The summed E-state index contributed by atoms with van der Waals surface area (Å²) in [5, 5.41) is 9.28. The highest BCUT2D eigenvalue weighted by Crippen LogP contribution is 2.26. The zero-order chi connectivity index (χ0) is 10.4. The second-order valence-corrected chi connectivity index (χ2v) is 4.77. The molecule has 0 saturated heterocycles. The summed E-state index contributed by atoms with van der Waals surface area (Å²) < 4.78 is 5.44. The van der Waals surface area contributed by atoms with E-state index in [9.17, 15) is 5.11 Å². The Morgan fingerprint density at radius 2 is 1.93 bits per heavy atom. The van der Waals surface area contributed by atoms with Crippen molar-refractivity contribution in [3.63, 3.8) is 0 Å². The molecule has 1 aliphatic rings. The lowest BCUT2D eigenvalue weighted by Gasteiger charge is -2.21. The lowest BCUT2D eigenvalue weighted by atomic mass is 9.91. The van der Waals surface area contributed by atoms with E-state index in [1.807, 2.05) is 0 Å². The first-order chi connectivity index (χ1) is 6.76. The van der Waals surface area contributed by atoms with Gasteiger partial charge in [0.2, 0.25) is 0 Å². The molecule has 0 bridgehead atoms. The van der Waals surface area contributed by atoms with E-state index < -0.39 is 0 Å². The summed E-state index contributed by atoms with van der Waals surface area (Å²) >= 11 is 0. The molecule has 1 rings (SSSR count). The van der Waals surface area contributed by atoms with Gasteiger partial charge in [-0.25, -0.2) is 0 Å². The summed E-state index contributed by atoms with van der Waals surface area (Å²) in [5.41, 5.74) is 0. The maximum absolute atomic E-state index is 9.28. The van der Waals surface area contributed by atoms with Gasteiger partial charge in [-0.1, -0.05) is 26.2 Å². The van der Waals surface area contributed by atoms with Crippen LogP contribution in [0.1, 0.15) is 45.4 Å². The molecule has 1 aliphatic carbocycles. The summed E-state index contributed by atoms with van der Waals surface area (Å²) in [6, 6.07) is 0. The van der Waals surface area contributed by atoms with Crippen molar-refractivity contribution in [2.75, 3.05) is 13.7 Å². The van der Waals surface area contributed by atoms with Crippen molar-refractivity contribution in [1.82, 2.24) is 0 Å². The first-order valence-corrected chi connectivity index (χ1v) is 5.90. The second kappa shape index (κ2) is 6.41. The van der Waals surface area contributed by atoms with Crippen LogP contribution in [-0.4, -0.2) is 24.9 Å². The molecular formula is C12H24O2. The van der Waals surface area contributed by atoms with Crippen LogP contribution in [0.3, 0.4) is 0 Å². The van der Waals surface area contributed by atoms with E-state index in [1.54, 1.807) is 7.11 Å². The van der Waals surface area contributed by atoms with Crippen molar-refractivity contribution < 1.29 is 9.84 Å². The molecule has 2 nitrogen and oxygen atoms in total. The minimum absolute atomic E-state index is 0.324. The van der Waals surface area contributed by atoms with E-state index >= 15 is 0 Å². The summed E-state index contributed by atoms with van der Waals surface area (Å²) in [5.74, 6) is 1.22. The van der Waals surface area contributed by atoms with Crippen molar-refractivity contribution in [3.8, 4) is 0 Å². The van der Waals surface area contributed by atoms with Crippen LogP contribution in [0.25, 0.3) is 0 Å². The fourth-order valence-corrected chi connectivity index (χ4v) is 2.50. The molecule has 1 saturated carbocycles. The smallest absolute Gasteiger partial charge is 0.0574 e. The molecule has 0 aromatic heterocycles. The number of methoxy groups -OCH3 is 1. The molecule has 0 aliphatic heterocycles. The Bertz CT molecular complexity index is 147. The molecule has 0 spiro atoms. The number of rotatable bonds is 2. The number of aliphatic hydroxyl groups excluding tert-OH is 1. The van der Waals surface area contributed by atoms with E-state index in [-0.39, 0.29) is 0 Å². The second-order valence-electron chi connectivity index (χ2n) is 4.77. The van der Waals surface area contributed by atoms with Crippen LogP contribution in [0.4, 0.5) is 0 Å². The zero-order valence-electron chi connectivity index (χ0n) is 9.54. The fourth-order valence-electron chi connectivity index (χ4n) is 2.50. The number of aliphatic hydroxyl groups is 1. The van der Waals surface area contributed by atoms with Gasteiger partial charge >= 0.3 is 0 Å². The van der Waals surface area contributed by atoms with Gasteiger partial charge in [0.15, 0.2) is 0 Å². The van der Waals surface area contributed by atoms with Crippen molar-refractivity contribution >= 4 is 0 Å². The number of hydrogen-bond acceptors (Lipinski definition) is 2. The quantitative estimate of drug-likeness (QED) is 0.742. The Hall–Kier alpha value is -0.0800. The fraction of sp³-hybridized carbons (Fsp3) is 1.00. The Balaban J connectivity index is 2.47. The van der Waals surface area contributed by atoms with Crippen LogP contribution >= 0.6 is 0 Å². The highest BCUT2D eigenvalue weighted by atomic mass is 16.5. The molecule has 0 aromatic rings. The van der Waals surface area contributed by atoms with Gasteiger partial charge in [0.25, 0.3) is 0 Å². The topological polar surface area (TPSA) is 29.5 Å². The molecule has 3 atom stereocenters. The van der Waals surface area contributed by atoms with E-state index in [1.165, 1.54) is 25.7 Å². The van der Waals surface area contributed by atoms with Gasteiger partial charge in [-0.3, -0.25) is 0 Å². The van der Waals surface area contributed by atoms with Gasteiger partial charge in [0, 0.05) is 13.7 Å². The van der Waals surface area contributed by atoms with Crippen LogP contribution in [0.2, 0.25) is 0 Å². The summed E-state index contributed by atoms with van der Waals surface area (Å²) in [7, 11) is 1.79. The van der Waals surface area contributed by atoms with Gasteiger partial charge in [-0.05, 0) is 31.1 Å². The van der Waals surface area contributed by atoms with Gasteiger partial charge in [0.05, 0.1) is 6.10 Å². The van der Waals surface area contributed by atoms with E-state index in [2.05, 4.69) is 6.92 Å². The molecule has 1 fully saturated rings. The van der Waals surface area contributed by atoms with Crippen molar-refractivity contribution in [3.05, 3.63) is 0 Å². The Morgan fingerprint density at radius 1 is 1.21 bits per heavy atom. The van der Waals surface area contributed by atoms with Crippen LogP contribution in [0, 0.1) is 11.8 Å². The predicted molar refractivity (Wildman–Crippen MR) is 58.2 cm³/mol. The molecular weight excluding hydrogens is 176 g/mol. The van der Waals surface area contributed by atoms with Crippen molar-refractivity contribution in [1.29, 1.82) is 0 Å². The molecule has 84 valence electrons. The molecule has 1 N–H and O–H groups in total. The molecule has 0 heterocycles. The van der Waals surface area contributed by atoms with Gasteiger partial charge in [-0.2, -0.15) is 0 Å². The average molecular weight is 200 g/mol. The van der Waals surface area contributed by atoms with Crippen LogP contribution < -0.4 is 0 Å². The molecule has 2 heteroatoms. The van der Waals surface area contributed by atoms with Gasteiger partial charge in [-0.15, -0.1) is 0 Å². The minimum atomic E-state index is 0.324. The highest BCUT2D eigenvalue weighted by molar-refractivity contribution is 4.71. The molecule has 3 unspecified atom stereocenters. The predicted octanol–water partition coefficient (Wildman–Crippen LogP) is 2.60. The lowest BCUT2D eigenvalue weighted by molar-refractivity contribution is 0.0582. The van der Waals surface area contributed by atoms with Crippen LogP contribution in [-0.2, 0) is 4.74 Å². The third kappa shape index (κ3) is 3.97. The van der Waals surface area contributed by atoms with Crippen molar-refractivity contribution in [2.45, 2.75) is 51.6 Å². The number of hydrogen-bond donors (Lipinski definition) is 1. The van der Waals surface area contributed by atoms with Crippen LogP contribution in [0.5, 0.6) is 0 Å². The molecule has 0 radical (unpaired) electrons. The Kier molecular flexibility index (Phi) is 5.49. The third-order valence-electron chi connectivity index (χ3n) is 3.40. The summed E-state index contributed by atoms with van der Waals surface area (Å²) in [6.07, 6.45) is 7.65. The van der Waals surface area contributed by atoms with Gasteiger partial charge < -0.3 is 9.84 Å². The molecule has 0 amide bonds. The summed E-state index contributed by atoms with van der Waals surface area (Å²) in [4.78, 5) is 0. The first-order valence-electron chi connectivity index (χ1n) is 5.90. The summed E-state index contributed by atoms with van der Waals surface area (Å²) in [6.45, 7) is 2.62. The zero-order valence-corrected chi connectivity index (χ0v) is 9.54. The van der Waals surface area contributed by atoms with E-state index in [0.717, 1.165) is 18.8 Å². The maximum Gasteiger partial charge on any atom is 0.0574 e. The Morgan fingerprint density at radius 3 is 2.57 bits per heavy atom. The van der Waals surface area contributed by atoms with Crippen molar-refractivity contribution in [2.24, 2.45) is 11.8 Å². The van der Waals surface area contributed by atoms with Crippen LogP contribution in [0.15, 0.2) is 0 Å². The number of ether oxygens (including phenoxy) is 1. The average Bonchev–Trinajstić information content (AvgIpc) is 2.28. The molecule has 14 heavy (non-hydrogen) atoms. The first kappa shape index (κ1) is 12.0. The lowest BCUT2D eigenvalue weighted by Crippen LogP contribution is -2.19. The van der Waals surface area contributed by atoms with Gasteiger partial charge in [0.1, 0.15) is 0 Å². The van der Waals surface area contributed by atoms with E-state index in [4.69, 9.17) is 4.74 Å². The maximum atomic E-state index is 9.28. The normalized spacial score (nSPS) is 35.8. The largest absolute Gasteiger partial charge is 0.396 e. The van der Waals surface area contributed by atoms with E-state index in [0.29, 0.717) is 18.6 Å². The highest BCUT2D eigenvalue weighted by Gasteiger charge is 2.20. The monoisotopic (exact) mass is 200 g/mol. The third-order valence-corrected chi connectivity index (χ3v) is 3.40.